The fraction of sp³-hybridized carbons (Fsp3) is 0.500. The summed E-state index contributed by atoms with van der Waals surface area (Å²) in [6, 6.07) is 3.10. The molecule has 0 spiro atoms. The molecular weight excluding hydrogens is 258 g/mol. The Balaban J connectivity index is 2.64. The van der Waals surface area contributed by atoms with Gasteiger partial charge in [-0.15, -0.1) is 0 Å². The van der Waals surface area contributed by atoms with Gasteiger partial charge in [-0.2, -0.15) is 0 Å². The molecule has 0 aliphatic heterocycles. The van der Waals surface area contributed by atoms with Gasteiger partial charge in [0, 0.05) is 18.7 Å². The Morgan fingerprint density at radius 1 is 1.35 bits per heavy atom. The Morgan fingerprint density at radius 2 is 2.05 bits per heavy atom. The number of carboxylic acids is 1. The average molecular weight is 279 g/mol. The Kier molecular flexibility index (Phi) is 5.96. The molecule has 0 aliphatic carbocycles. The lowest BCUT2D eigenvalue weighted by molar-refractivity contribution is -0.118. The quantitative estimate of drug-likeness (QED) is 0.631. The van der Waals surface area contributed by atoms with Gasteiger partial charge in [-0.1, -0.05) is 13.8 Å². The maximum atomic E-state index is 11.1. The number of nitrogens with two attached hydrogens (primary N) is 1. The lowest BCUT2D eigenvalue weighted by atomic mass is 10.1. The number of aromatic nitrogens is 1. The minimum Gasteiger partial charge on any atom is -0.478 e. The first kappa shape index (κ1) is 15.9. The van der Waals surface area contributed by atoms with Gasteiger partial charge in [0.25, 0.3) is 0 Å². The molecule has 1 aromatic heterocycles. The topological polar surface area (TPSA) is 105 Å². The van der Waals surface area contributed by atoms with Crippen molar-refractivity contribution in [2.24, 2.45) is 5.73 Å². The van der Waals surface area contributed by atoms with Crippen molar-refractivity contribution in [3.05, 3.63) is 23.4 Å². The molecule has 4 N–H and O–H groups in total. The van der Waals surface area contributed by atoms with E-state index in [1.165, 1.54) is 6.07 Å². The predicted octanol–water partition coefficient (Wildman–Crippen LogP) is 1.97. The summed E-state index contributed by atoms with van der Waals surface area (Å²) in [7, 11) is 0. The Hall–Kier alpha value is -2.11. The monoisotopic (exact) mass is 279 g/mol. The number of carbonyl (C=O) groups excluding carboxylic acids is 1. The van der Waals surface area contributed by atoms with Gasteiger partial charge in [0.05, 0.1) is 5.56 Å². The van der Waals surface area contributed by atoms with Gasteiger partial charge in [0.15, 0.2) is 0 Å². The van der Waals surface area contributed by atoms with Gasteiger partial charge in [-0.25, -0.2) is 9.78 Å². The van der Waals surface area contributed by atoms with E-state index in [2.05, 4.69) is 10.3 Å². The number of nitrogens with zero attached hydrogens (tertiary/aromatic N) is 1. The fourth-order valence-electron chi connectivity index (χ4n) is 1.70. The summed E-state index contributed by atoms with van der Waals surface area (Å²) >= 11 is 0. The number of hydrogen-bond acceptors (Lipinski definition) is 4. The predicted molar refractivity (Wildman–Crippen MR) is 76.8 cm³/mol. The molecule has 1 heterocycles. The number of aromatic carboxylic acids is 1. The number of carbonyl (C=O) groups is 2. The van der Waals surface area contributed by atoms with Gasteiger partial charge in [-0.3, -0.25) is 4.79 Å². The van der Waals surface area contributed by atoms with Crippen LogP contribution in [0.15, 0.2) is 12.1 Å². The second-order valence-corrected chi connectivity index (χ2v) is 4.98. The molecule has 0 fully saturated rings. The van der Waals surface area contributed by atoms with E-state index >= 15 is 0 Å². The van der Waals surface area contributed by atoms with Crippen LogP contribution in [0.3, 0.4) is 0 Å². The van der Waals surface area contributed by atoms with Crippen LogP contribution in [0, 0.1) is 0 Å². The van der Waals surface area contributed by atoms with Gasteiger partial charge >= 0.3 is 5.97 Å². The first-order valence-electron chi connectivity index (χ1n) is 6.67. The number of carboxylic acid groups (broad SMARTS) is 1. The van der Waals surface area contributed by atoms with Crippen LogP contribution in [-0.2, 0) is 4.79 Å². The van der Waals surface area contributed by atoms with Gasteiger partial charge in [-0.05, 0) is 30.9 Å². The molecule has 0 bridgehead atoms. The molecule has 20 heavy (non-hydrogen) atoms. The number of rotatable bonds is 8. The minimum absolute atomic E-state index is 0.157. The summed E-state index contributed by atoms with van der Waals surface area (Å²) in [5, 5.41) is 12.2. The highest BCUT2D eigenvalue weighted by Crippen LogP contribution is 2.17. The lowest BCUT2D eigenvalue weighted by Gasteiger charge is -2.11. The molecule has 0 aliphatic rings. The summed E-state index contributed by atoms with van der Waals surface area (Å²) < 4.78 is 0. The molecule has 0 aromatic carbocycles. The number of hydrogen-bond donors (Lipinski definition) is 3. The average Bonchev–Trinajstić information content (AvgIpc) is 2.37. The van der Waals surface area contributed by atoms with Gasteiger partial charge in [0.1, 0.15) is 5.82 Å². The van der Waals surface area contributed by atoms with Crippen LogP contribution in [0.1, 0.15) is 55.1 Å². The zero-order chi connectivity index (χ0) is 15.1. The van der Waals surface area contributed by atoms with Crippen LogP contribution in [-0.4, -0.2) is 28.5 Å². The van der Waals surface area contributed by atoms with Crippen LogP contribution >= 0.6 is 0 Å². The van der Waals surface area contributed by atoms with Crippen molar-refractivity contribution in [3.8, 4) is 0 Å². The molecule has 0 atom stereocenters. The standard InChI is InChI=1S/C14H21N3O3/c1-9(2)11-7-10(14(19)20)8-13(17-11)16-6-4-3-5-12(15)18/h7-9H,3-6H2,1-2H3,(H2,15,18)(H,16,17)(H,19,20). The number of nitrogens with one attached hydrogen (secondary N) is 1. The molecule has 0 saturated carbocycles. The molecule has 6 heteroatoms. The number of primary amides is 1. The Morgan fingerprint density at radius 3 is 2.60 bits per heavy atom. The molecule has 1 aromatic rings. The largest absolute Gasteiger partial charge is 0.478 e. The van der Waals surface area contributed by atoms with Crippen LogP contribution in [0.25, 0.3) is 0 Å². The van der Waals surface area contributed by atoms with Crippen LogP contribution in [0.4, 0.5) is 5.82 Å². The molecule has 0 unspecified atom stereocenters. The summed E-state index contributed by atoms with van der Waals surface area (Å²) in [5.74, 6) is -0.568. The highest BCUT2D eigenvalue weighted by atomic mass is 16.4. The van der Waals surface area contributed by atoms with Gasteiger partial charge < -0.3 is 16.2 Å². The summed E-state index contributed by atoms with van der Waals surface area (Å²) in [6.07, 6.45) is 1.85. The summed E-state index contributed by atoms with van der Waals surface area (Å²) in [4.78, 5) is 26.1. The molecule has 1 rings (SSSR count). The van der Waals surface area contributed by atoms with Gasteiger partial charge in [0.2, 0.25) is 5.91 Å². The Labute approximate surface area is 118 Å². The first-order chi connectivity index (χ1) is 9.40. The zero-order valence-corrected chi connectivity index (χ0v) is 11.8. The third-order valence-electron chi connectivity index (χ3n) is 2.84. The molecule has 110 valence electrons. The van der Waals surface area contributed by atoms with Crippen molar-refractivity contribution in [1.82, 2.24) is 4.98 Å². The maximum Gasteiger partial charge on any atom is 0.335 e. The van der Waals surface area contributed by atoms with Crippen molar-refractivity contribution in [3.63, 3.8) is 0 Å². The second kappa shape index (κ2) is 7.47. The van der Waals surface area contributed by atoms with Crippen molar-refractivity contribution in [1.29, 1.82) is 0 Å². The molecule has 0 radical (unpaired) electrons. The van der Waals surface area contributed by atoms with E-state index in [4.69, 9.17) is 10.8 Å². The smallest absolute Gasteiger partial charge is 0.335 e. The van der Waals surface area contributed by atoms with E-state index < -0.39 is 5.97 Å². The number of pyridine rings is 1. The summed E-state index contributed by atoms with van der Waals surface area (Å²) in [5.41, 5.74) is 6.02. The SMILES string of the molecule is CC(C)c1cc(C(=O)O)cc(NCCCCC(N)=O)n1. The lowest BCUT2D eigenvalue weighted by Crippen LogP contribution is -2.11. The normalized spacial score (nSPS) is 10.6. The van der Waals surface area contributed by atoms with E-state index in [-0.39, 0.29) is 17.4 Å². The van der Waals surface area contributed by atoms with E-state index in [9.17, 15) is 9.59 Å². The third-order valence-corrected chi connectivity index (χ3v) is 2.84. The van der Waals surface area contributed by atoms with Crippen LogP contribution < -0.4 is 11.1 Å². The molecule has 6 nitrogen and oxygen atoms in total. The molecule has 1 amide bonds. The van der Waals surface area contributed by atoms with Crippen molar-refractivity contribution in [2.75, 3.05) is 11.9 Å². The minimum atomic E-state index is -0.967. The second-order valence-electron chi connectivity index (χ2n) is 4.98. The van der Waals surface area contributed by atoms with E-state index in [1.807, 2.05) is 13.8 Å². The maximum absolute atomic E-state index is 11.1. The highest BCUT2D eigenvalue weighted by Gasteiger charge is 2.10. The number of anilines is 1. The number of unbranched alkanes of at least 4 members (excludes halogenated alkanes) is 1. The highest BCUT2D eigenvalue weighted by molar-refractivity contribution is 5.88. The first-order valence-corrected chi connectivity index (χ1v) is 6.67. The Bertz CT molecular complexity index is 487. The summed E-state index contributed by atoms with van der Waals surface area (Å²) in [6.45, 7) is 4.55. The molecule has 0 saturated heterocycles. The third kappa shape index (κ3) is 5.26. The fourth-order valence-corrected chi connectivity index (χ4v) is 1.70. The molecular formula is C14H21N3O3. The van der Waals surface area contributed by atoms with E-state index in [0.29, 0.717) is 25.2 Å². The van der Waals surface area contributed by atoms with Crippen molar-refractivity contribution in [2.45, 2.75) is 39.0 Å². The van der Waals surface area contributed by atoms with Crippen molar-refractivity contribution >= 4 is 17.7 Å². The van der Waals surface area contributed by atoms with Crippen molar-refractivity contribution < 1.29 is 14.7 Å². The van der Waals surface area contributed by atoms with Crippen LogP contribution in [0.5, 0.6) is 0 Å². The van der Waals surface area contributed by atoms with E-state index in [1.54, 1.807) is 6.07 Å². The zero-order valence-electron chi connectivity index (χ0n) is 11.8. The van der Waals surface area contributed by atoms with Crippen LogP contribution in [0.2, 0.25) is 0 Å². The number of amides is 1. The van der Waals surface area contributed by atoms with E-state index in [0.717, 1.165) is 12.1 Å².